The molecular weight excluding hydrogens is 292 g/mol. The van der Waals surface area contributed by atoms with E-state index >= 15 is 0 Å². The lowest BCUT2D eigenvalue weighted by atomic mass is 10.1. The lowest BCUT2D eigenvalue weighted by Crippen LogP contribution is -2.35. The van der Waals surface area contributed by atoms with E-state index in [-0.39, 0.29) is 0 Å². The highest BCUT2D eigenvalue weighted by Gasteiger charge is 2.14. The zero-order valence-electron chi connectivity index (χ0n) is 12.7. The van der Waals surface area contributed by atoms with Crippen LogP contribution in [-0.4, -0.2) is 30.2 Å². The minimum absolute atomic E-state index is 0.752. The van der Waals surface area contributed by atoms with E-state index in [9.17, 15) is 0 Å². The van der Waals surface area contributed by atoms with Crippen LogP contribution in [0.1, 0.15) is 18.4 Å². The number of halogens is 1. The lowest BCUT2D eigenvalue weighted by Gasteiger charge is -2.27. The number of rotatable bonds is 4. The number of aliphatic imine (C=N–C) groups is 1. The van der Waals surface area contributed by atoms with Crippen LogP contribution in [0.25, 0.3) is 0 Å². The van der Waals surface area contributed by atoms with Gasteiger partial charge in [-0.2, -0.15) is 0 Å². The maximum atomic E-state index is 6.01. The molecule has 0 atom stereocenters. The van der Waals surface area contributed by atoms with Gasteiger partial charge in [0.1, 0.15) is 0 Å². The quantitative estimate of drug-likeness (QED) is 0.795. The molecule has 0 bridgehead atoms. The van der Waals surface area contributed by atoms with Gasteiger partial charge in [-0.1, -0.05) is 48.0 Å². The fourth-order valence-corrected chi connectivity index (χ4v) is 2.99. The Morgan fingerprint density at radius 2 is 1.73 bits per heavy atom. The van der Waals surface area contributed by atoms with Crippen LogP contribution in [0, 0.1) is 0 Å². The van der Waals surface area contributed by atoms with Crippen LogP contribution in [0.4, 0.5) is 5.69 Å². The minimum Gasteiger partial charge on any atom is -0.302 e. The molecule has 1 aliphatic rings. The molecule has 1 heterocycles. The molecule has 0 amide bonds. The molecule has 1 fully saturated rings. The Balaban J connectivity index is 1.50. The molecule has 2 aromatic carbocycles. The van der Waals surface area contributed by atoms with Crippen molar-refractivity contribution in [1.29, 1.82) is 0 Å². The number of likely N-dealkylation sites (tertiary alicyclic amines) is 1. The first-order valence-corrected chi connectivity index (χ1v) is 8.26. The zero-order chi connectivity index (χ0) is 15.2. The van der Waals surface area contributed by atoms with E-state index in [1.54, 1.807) is 0 Å². The summed E-state index contributed by atoms with van der Waals surface area (Å²) in [5.74, 6) is 0. The van der Waals surface area contributed by atoms with Crippen LogP contribution in [-0.2, 0) is 6.42 Å². The third kappa shape index (κ3) is 4.43. The van der Waals surface area contributed by atoms with Crippen LogP contribution in [0.2, 0.25) is 5.02 Å². The average molecular weight is 313 g/mol. The van der Waals surface area contributed by atoms with Crippen molar-refractivity contribution in [2.24, 2.45) is 4.99 Å². The van der Waals surface area contributed by atoms with Gasteiger partial charge in [0.2, 0.25) is 0 Å². The summed E-state index contributed by atoms with van der Waals surface area (Å²) in [6.45, 7) is 3.34. The van der Waals surface area contributed by atoms with E-state index in [0.717, 1.165) is 49.6 Å². The molecule has 2 nitrogen and oxygen atoms in total. The van der Waals surface area contributed by atoms with Gasteiger partial charge >= 0.3 is 0 Å². The summed E-state index contributed by atoms with van der Waals surface area (Å²) < 4.78 is 0. The number of nitrogens with zero attached hydrogens (tertiary/aromatic N) is 2. The topological polar surface area (TPSA) is 15.6 Å². The molecule has 0 spiro atoms. The summed E-state index contributed by atoms with van der Waals surface area (Å²) >= 11 is 6.01. The van der Waals surface area contributed by atoms with Gasteiger partial charge in [0.25, 0.3) is 0 Å². The monoisotopic (exact) mass is 312 g/mol. The molecular formula is C19H21ClN2. The van der Waals surface area contributed by atoms with Crippen molar-refractivity contribution in [1.82, 2.24) is 4.90 Å². The second-order valence-corrected chi connectivity index (χ2v) is 6.17. The van der Waals surface area contributed by atoms with Gasteiger partial charge in [-0.25, -0.2) is 0 Å². The van der Waals surface area contributed by atoms with Gasteiger partial charge in [0.15, 0.2) is 0 Å². The van der Waals surface area contributed by atoms with Crippen molar-refractivity contribution in [3.8, 4) is 0 Å². The maximum absolute atomic E-state index is 6.01. The molecule has 3 heteroatoms. The van der Waals surface area contributed by atoms with Crippen molar-refractivity contribution in [2.45, 2.75) is 19.3 Å². The predicted molar refractivity (Wildman–Crippen MR) is 94.4 cm³/mol. The van der Waals surface area contributed by atoms with E-state index < -0.39 is 0 Å². The summed E-state index contributed by atoms with van der Waals surface area (Å²) in [5, 5.41) is 0.752. The molecule has 114 valence electrons. The van der Waals surface area contributed by atoms with Crippen LogP contribution < -0.4 is 0 Å². The van der Waals surface area contributed by atoms with Crippen molar-refractivity contribution >= 4 is 23.0 Å². The molecule has 1 aliphatic heterocycles. The SMILES string of the molecule is Clc1cccc(N=C2CCN(CCc3ccccc3)CC2)c1. The first kappa shape index (κ1) is 15.3. The highest BCUT2D eigenvalue weighted by atomic mass is 35.5. The smallest absolute Gasteiger partial charge is 0.0643 e. The Hall–Kier alpha value is -1.64. The fourth-order valence-electron chi connectivity index (χ4n) is 2.81. The van der Waals surface area contributed by atoms with Crippen molar-refractivity contribution in [3.63, 3.8) is 0 Å². The Labute approximate surface area is 137 Å². The predicted octanol–water partition coefficient (Wildman–Crippen LogP) is 4.75. The molecule has 0 saturated carbocycles. The Bertz CT molecular complexity index is 627. The molecule has 0 radical (unpaired) electrons. The lowest BCUT2D eigenvalue weighted by molar-refractivity contribution is 0.278. The number of hydrogen-bond acceptors (Lipinski definition) is 2. The normalized spacial score (nSPS) is 15.8. The summed E-state index contributed by atoms with van der Waals surface area (Å²) in [4.78, 5) is 7.27. The molecule has 0 aromatic heterocycles. The Morgan fingerprint density at radius 1 is 0.955 bits per heavy atom. The standard InChI is InChI=1S/C19H21ClN2/c20-17-7-4-8-19(15-17)21-18-10-13-22(14-11-18)12-9-16-5-2-1-3-6-16/h1-8,15H,9-14H2. The average Bonchev–Trinajstić information content (AvgIpc) is 2.55. The molecule has 22 heavy (non-hydrogen) atoms. The molecule has 0 unspecified atom stereocenters. The molecule has 2 aromatic rings. The van der Waals surface area contributed by atoms with Gasteiger partial charge in [-0.15, -0.1) is 0 Å². The van der Waals surface area contributed by atoms with Gasteiger partial charge < -0.3 is 4.90 Å². The van der Waals surface area contributed by atoms with Crippen LogP contribution in [0.5, 0.6) is 0 Å². The molecule has 0 aliphatic carbocycles. The van der Waals surface area contributed by atoms with E-state index in [4.69, 9.17) is 16.6 Å². The first-order chi connectivity index (χ1) is 10.8. The summed E-state index contributed by atoms with van der Waals surface area (Å²) in [5.41, 5.74) is 3.68. The van der Waals surface area contributed by atoms with Gasteiger partial charge in [0, 0.05) is 30.4 Å². The second kappa shape index (κ2) is 7.57. The summed E-state index contributed by atoms with van der Waals surface area (Å²) in [6.07, 6.45) is 3.24. The van der Waals surface area contributed by atoms with E-state index in [0.29, 0.717) is 0 Å². The third-order valence-electron chi connectivity index (χ3n) is 4.09. The number of piperidine rings is 1. The molecule has 1 saturated heterocycles. The second-order valence-electron chi connectivity index (χ2n) is 5.74. The first-order valence-electron chi connectivity index (χ1n) is 7.88. The van der Waals surface area contributed by atoms with Gasteiger partial charge in [0.05, 0.1) is 5.69 Å². The highest BCUT2D eigenvalue weighted by Crippen LogP contribution is 2.20. The zero-order valence-corrected chi connectivity index (χ0v) is 13.5. The summed E-state index contributed by atoms with van der Waals surface area (Å²) in [7, 11) is 0. The third-order valence-corrected chi connectivity index (χ3v) is 4.32. The Morgan fingerprint density at radius 3 is 2.45 bits per heavy atom. The minimum atomic E-state index is 0.752. The van der Waals surface area contributed by atoms with Crippen molar-refractivity contribution in [2.75, 3.05) is 19.6 Å². The fraction of sp³-hybridized carbons (Fsp3) is 0.316. The van der Waals surface area contributed by atoms with Crippen LogP contribution in [0.15, 0.2) is 59.6 Å². The van der Waals surface area contributed by atoms with E-state index in [1.165, 1.54) is 11.3 Å². The van der Waals surface area contributed by atoms with Gasteiger partial charge in [-0.05, 0) is 43.0 Å². The number of hydrogen-bond donors (Lipinski definition) is 0. The van der Waals surface area contributed by atoms with Gasteiger partial charge in [-0.3, -0.25) is 4.99 Å². The molecule has 0 N–H and O–H groups in total. The largest absolute Gasteiger partial charge is 0.302 e. The molecule has 3 rings (SSSR count). The van der Waals surface area contributed by atoms with E-state index in [1.807, 2.05) is 24.3 Å². The van der Waals surface area contributed by atoms with Crippen molar-refractivity contribution in [3.05, 3.63) is 65.2 Å². The van der Waals surface area contributed by atoms with Crippen molar-refractivity contribution < 1.29 is 0 Å². The van der Waals surface area contributed by atoms with Crippen LogP contribution >= 0.6 is 11.6 Å². The highest BCUT2D eigenvalue weighted by molar-refractivity contribution is 6.30. The number of benzene rings is 2. The van der Waals surface area contributed by atoms with E-state index in [2.05, 4.69) is 35.2 Å². The van der Waals surface area contributed by atoms with Crippen LogP contribution in [0.3, 0.4) is 0 Å². The summed E-state index contributed by atoms with van der Waals surface area (Å²) in [6, 6.07) is 18.5. The maximum Gasteiger partial charge on any atom is 0.0643 e. The Kier molecular flexibility index (Phi) is 5.25.